The Kier molecular flexibility index (Phi) is 7.78. The number of amides is 1. The summed E-state index contributed by atoms with van der Waals surface area (Å²) in [5.41, 5.74) is 0.899. The van der Waals surface area contributed by atoms with Gasteiger partial charge in [0, 0.05) is 6.54 Å². The fourth-order valence-electron chi connectivity index (χ4n) is 2.38. The van der Waals surface area contributed by atoms with Gasteiger partial charge in [0.1, 0.15) is 4.32 Å². The number of thiocarbonyl (C=S) groups is 1. The van der Waals surface area contributed by atoms with Crippen molar-refractivity contribution < 1.29 is 14.3 Å². The second-order valence-electron chi connectivity index (χ2n) is 5.80. The van der Waals surface area contributed by atoms with Gasteiger partial charge < -0.3 is 9.47 Å². The highest BCUT2D eigenvalue weighted by Gasteiger charge is 2.31. The van der Waals surface area contributed by atoms with Gasteiger partial charge in [-0.05, 0) is 36.6 Å². The highest BCUT2D eigenvalue weighted by Crippen LogP contribution is 2.34. The molecular weight excluding hydrogens is 354 g/mol. The molecule has 1 heterocycles. The summed E-state index contributed by atoms with van der Waals surface area (Å²) >= 11 is 6.69. The number of thioether (sulfide) groups is 1. The van der Waals surface area contributed by atoms with E-state index in [0.717, 1.165) is 37.0 Å². The first-order valence-electron chi connectivity index (χ1n) is 8.66. The minimum absolute atomic E-state index is 0.00862. The van der Waals surface area contributed by atoms with Crippen LogP contribution in [0.5, 0.6) is 11.5 Å². The van der Waals surface area contributed by atoms with Gasteiger partial charge in [-0.2, -0.15) is 0 Å². The maximum Gasteiger partial charge on any atom is 0.266 e. The molecular formula is C19H25NO3S2. The molecule has 1 saturated heterocycles. The molecule has 0 aromatic heterocycles. The zero-order chi connectivity index (χ0) is 18.2. The first-order chi connectivity index (χ1) is 12.1. The molecule has 1 fully saturated rings. The number of hydrogen-bond donors (Lipinski definition) is 0. The normalized spacial score (nSPS) is 16.0. The van der Waals surface area contributed by atoms with E-state index in [1.807, 2.05) is 24.3 Å². The highest BCUT2D eigenvalue weighted by molar-refractivity contribution is 8.26. The Morgan fingerprint density at radius 2 is 1.96 bits per heavy atom. The lowest BCUT2D eigenvalue weighted by molar-refractivity contribution is -0.122. The van der Waals surface area contributed by atoms with Crippen molar-refractivity contribution in [1.82, 2.24) is 4.90 Å². The fourth-order valence-corrected chi connectivity index (χ4v) is 3.69. The topological polar surface area (TPSA) is 38.8 Å². The van der Waals surface area contributed by atoms with Gasteiger partial charge in [0.2, 0.25) is 0 Å². The monoisotopic (exact) mass is 379 g/mol. The van der Waals surface area contributed by atoms with Crippen LogP contribution in [-0.4, -0.2) is 35.4 Å². The molecule has 1 amide bonds. The van der Waals surface area contributed by atoms with Crippen LogP contribution in [0, 0.1) is 0 Å². The molecule has 4 nitrogen and oxygen atoms in total. The van der Waals surface area contributed by atoms with Gasteiger partial charge in [0.25, 0.3) is 5.91 Å². The van der Waals surface area contributed by atoms with E-state index in [2.05, 4.69) is 13.8 Å². The molecule has 1 aliphatic rings. The summed E-state index contributed by atoms with van der Waals surface area (Å²) in [6, 6.07) is 5.71. The largest absolute Gasteiger partial charge is 0.493 e. The van der Waals surface area contributed by atoms with E-state index >= 15 is 0 Å². The van der Waals surface area contributed by atoms with Gasteiger partial charge >= 0.3 is 0 Å². The molecule has 0 saturated carbocycles. The summed E-state index contributed by atoms with van der Waals surface area (Å²) in [6.45, 7) is 5.58. The molecule has 2 rings (SSSR count). The predicted octanol–water partition coefficient (Wildman–Crippen LogP) is 4.88. The van der Waals surface area contributed by atoms with Gasteiger partial charge in [-0.1, -0.05) is 56.7 Å². The van der Waals surface area contributed by atoms with Gasteiger partial charge in [-0.15, -0.1) is 0 Å². The number of methoxy groups -OCH3 is 1. The molecule has 0 bridgehead atoms. The number of carbonyl (C=O) groups excluding carboxylic acids is 1. The summed E-state index contributed by atoms with van der Waals surface area (Å²) < 4.78 is 11.8. The molecule has 136 valence electrons. The van der Waals surface area contributed by atoms with Crippen molar-refractivity contribution >= 4 is 40.3 Å². The van der Waals surface area contributed by atoms with Crippen LogP contribution in [-0.2, 0) is 4.79 Å². The van der Waals surface area contributed by atoms with Gasteiger partial charge in [0.15, 0.2) is 11.5 Å². The maximum absolute atomic E-state index is 12.5. The predicted molar refractivity (Wildman–Crippen MR) is 108 cm³/mol. The van der Waals surface area contributed by atoms with E-state index in [9.17, 15) is 4.79 Å². The lowest BCUT2D eigenvalue weighted by Gasteiger charge is -2.13. The highest BCUT2D eigenvalue weighted by atomic mass is 32.2. The molecule has 1 aromatic rings. The Bertz CT molecular complexity index is 658. The molecule has 0 atom stereocenters. The van der Waals surface area contributed by atoms with Crippen molar-refractivity contribution in [3.05, 3.63) is 28.7 Å². The SMILES string of the molecule is CCCCOc1ccc(/C=C2/SC(=S)N(CCCC)C2=O)cc1OC. The van der Waals surface area contributed by atoms with Crippen LogP contribution in [0.15, 0.2) is 23.1 Å². The third kappa shape index (κ3) is 5.22. The number of nitrogens with zero attached hydrogens (tertiary/aromatic N) is 1. The Hall–Kier alpha value is -1.53. The minimum Gasteiger partial charge on any atom is -0.493 e. The molecule has 0 N–H and O–H groups in total. The van der Waals surface area contributed by atoms with Gasteiger partial charge in [-0.3, -0.25) is 9.69 Å². The molecule has 0 unspecified atom stereocenters. The second kappa shape index (κ2) is 9.82. The van der Waals surface area contributed by atoms with Crippen molar-refractivity contribution in [3.8, 4) is 11.5 Å². The third-order valence-electron chi connectivity index (χ3n) is 3.85. The number of hydrogen-bond acceptors (Lipinski definition) is 5. The van der Waals surface area contributed by atoms with E-state index in [4.69, 9.17) is 21.7 Å². The number of rotatable bonds is 9. The summed E-state index contributed by atoms with van der Waals surface area (Å²) in [5, 5.41) is 0. The van der Waals surface area contributed by atoms with Crippen molar-refractivity contribution in [2.45, 2.75) is 39.5 Å². The van der Waals surface area contributed by atoms with Crippen LogP contribution >= 0.6 is 24.0 Å². The summed E-state index contributed by atoms with van der Waals surface area (Å²) in [7, 11) is 1.62. The zero-order valence-corrected chi connectivity index (χ0v) is 16.7. The van der Waals surface area contributed by atoms with E-state index in [1.54, 1.807) is 12.0 Å². The molecule has 0 radical (unpaired) electrons. The van der Waals surface area contributed by atoms with Crippen molar-refractivity contribution in [2.75, 3.05) is 20.3 Å². The Balaban J connectivity index is 2.15. The van der Waals surface area contributed by atoms with E-state index in [0.29, 0.717) is 28.1 Å². The van der Waals surface area contributed by atoms with Crippen LogP contribution in [0.1, 0.15) is 45.1 Å². The van der Waals surface area contributed by atoms with Crippen LogP contribution in [0.2, 0.25) is 0 Å². The van der Waals surface area contributed by atoms with E-state index in [1.165, 1.54) is 11.8 Å². The van der Waals surface area contributed by atoms with Gasteiger partial charge in [-0.25, -0.2) is 0 Å². The van der Waals surface area contributed by atoms with Crippen LogP contribution < -0.4 is 9.47 Å². The molecule has 1 aliphatic heterocycles. The fraction of sp³-hybridized carbons (Fsp3) is 0.474. The van der Waals surface area contributed by atoms with E-state index in [-0.39, 0.29) is 5.91 Å². The quantitative estimate of drug-likeness (QED) is 0.347. The number of unbranched alkanes of at least 4 members (excludes halogenated alkanes) is 2. The lowest BCUT2D eigenvalue weighted by Crippen LogP contribution is -2.28. The maximum atomic E-state index is 12.5. The van der Waals surface area contributed by atoms with Crippen molar-refractivity contribution in [3.63, 3.8) is 0 Å². The second-order valence-corrected chi connectivity index (χ2v) is 7.47. The van der Waals surface area contributed by atoms with Gasteiger partial charge in [0.05, 0.1) is 18.6 Å². The third-order valence-corrected chi connectivity index (χ3v) is 5.23. The summed E-state index contributed by atoms with van der Waals surface area (Å²) in [5.74, 6) is 1.39. The van der Waals surface area contributed by atoms with Crippen molar-refractivity contribution in [1.29, 1.82) is 0 Å². The summed E-state index contributed by atoms with van der Waals surface area (Å²) in [4.78, 5) is 14.9. The average molecular weight is 380 g/mol. The summed E-state index contributed by atoms with van der Waals surface area (Å²) in [6.07, 6.45) is 5.94. The molecule has 25 heavy (non-hydrogen) atoms. The first-order valence-corrected chi connectivity index (χ1v) is 9.89. The molecule has 6 heteroatoms. The molecule has 1 aromatic carbocycles. The standard InChI is InChI=1S/C19H25NO3S2/c1-4-6-10-20-18(21)17(25-19(20)24)13-14-8-9-15(16(12-14)22-3)23-11-7-5-2/h8-9,12-13H,4-7,10-11H2,1-3H3/b17-13+. The number of carbonyl (C=O) groups is 1. The first kappa shape index (κ1) is 19.8. The zero-order valence-electron chi connectivity index (χ0n) is 15.0. The van der Waals surface area contributed by atoms with Crippen LogP contribution in [0.25, 0.3) is 6.08 Å². The Morgan fingerprint density at radius 1 is 1.20 bits per heavy atom. The van der Waals surface area contributed by atoms with E-state index < -0.39 is 0 Å². The number of ether oxygens (including phenoxy) is 2. The molecule has 0 aliphatic carbocycles. The average Bonchev–Trinajstić information content (AvgIpc) is 2.87. The van der Waals surface area contributed by atoms with Crippen LogP contribution in [0.3, 0.4) is 0 Å². The van der Waals surface area contributed by atoms with Crippen LogP contribution in [0.4, 0.5) is 0 Å². The number of benzene rings is 1. The smallest absolute Gasteiger partial charge is 0.266 e. The minimum atomic E-state index is -0.00862. The Labute approximate surface area is 159 Å². The molecule has 0 spiro atoms. The Morgan fingerprint density at radius 3 is 2.64 bits per heavy atom. The lowest BCUT2D eigenvalue weighted by atomic mass is 10.2. The van der Waals surface area contributed by atoms with Crippen molar-refractivity contribution in [2.24, 2.45) is 0 Å².